The van der Waals surface area contributed by atoms with Crippen LogP contribution in [0.1, 0.15) is 62.7 Å². The zero-order valence-corrected chi connectivity index (χ0v) is 15.5. The van der Waals surface area contributed by atoms with Crippen molar-refractivity contribution in [3.63, 3.8) is 0 Å². The zero-order chi connectivity index (χ0) is 15.8. The third-order valence-electron chi connectivity index (χ3n) is 4.44. The number of rotatable bonds is 3. The zero-order valence-electron chi connectivity index (χ0n) is 14.7. The molecule has 21 heavy (non-hydrogen) atoms. The summed E-state index contributed by atoms with van der Waals surface area (Å²) in [5, 5.41) is 5.10. The minimum atomic E-state index is 0.147. The molecule has 2 heterocycles. The highest BCUT2D eigenvalue weighted by Crippen LogP contribution is 2.33. The van der Waals surface area contributed by atoms with Gasteiger partial charge < -0.3 is 10.2 Å². The van der Waals surface area contributed by atoms with Gasteiger partial charge in [0.1, 0.15) is 0 Å². The minimum Gasteiger partial charge on any atom is -0.306 e. The van der Waals surface area contributed by atoms with Crippen LogP contribution in [-0.4, -0.2) is 36.1 Å². The first kappa shape index (κ1) is 16.9. The Labute approximate surface area is 134 Å². The predicted octanol–water partition coefficient (Wildman–Crippen LogP) is 3.74. The van der Waals surface area contributed by atoms with E-state index in [-0.39, 0.29) is 5.41 Å². The third kappa shape index (κ3) is 4.05. The molecule has 1 aliphatic heterocycles. The summed E-state index contributed by atoms with van der Waals surface area (Å²) in [6, 6.07) is 1.02. The lowest BCUT2D eigenvalue weighted by Crippen LogP contribution is -2.47. The average Bonchev–Trinajstić information content (AvgIpc) is 2.75. The van der Waals surface area contributed by atoms with Gasteiger partial charge >= 0.3 is 0 Å². The average molecular weight is 310 g/mol. The van der Waals surface area contributed by atoms with Crippen LogP contribution < -0.4 is 5.32 Å². The number of piperidine rings is 1. The van der Waals surface area contributed by atoms with Gasteiger partial charge in [-0.15, -0.1) is 11.3 Å². The molecule has 1 N–H and O–H groups in total. The standard InChI is InChI=1S/C17H31N3S/c1-11-10-20(7)9-8-14(11)18-12(2)15-13(3)19-16(21-15)17(4,5)6/h11-12,14,18H,8-10H2,1-7H3. The van der Waals surface area contributed by atoms with Crippen molar-refractivity contribution in [3.8, 4) is 0 Å². The number of thiazole rings is 1. The van der Waals surface area contributed by atoms with E-state index in [2.05, 4.69) is 58.8 Å². The summed E-state index contributed by atoms with van der Waals surface area (Å²) >= 11 is 1.88. The fourth-order valence-corrected chi connectivity index (χ4v) is 4.26. The van der Waals surface area contributed by atoms with E-state index in [1.807, 2.05) is 11.3 Å². The highest BCUT2D eigenvalue weighted by Gasteiger charge is 2.27. The highest BCUT2D eigenvalue weighted by atomic mass is 32.1. The molecule has 0 saturated carbocycles. The van der Waals surface area contributed by atoms with E-state index in [0.717, 1.165) is 0 Å². The van der Waals surface area contributed by atoms with Crippen LogP contribution in [0, 0.1) is 12.8 Å². The molecule has 0 spiro atoms. The van der Waals surface area contributed by atoms with Crippen LogP contribution in [0.2, 0.25) is 0 Å². The van der Waals surface area contributed by atoms with Gasteiger partial charge in [0.05, 0.1) is 10.7 Å². The molecular weight excluding hydrogens is 278 g/mol. The van der Waals surface area contributed by atoms with Crippen LogP contribution in [0.3, 0.4) is 0 Å². The van der Waals surface area contributed by atoms with Crippen LogP contribution in [0.25, 0.3) is 0 Å². The van der Waals surface area contributed by atoms with Crippen LogP contribution >= 0.6 is 11.3 Å². The van der Waals surface area contributed by atoms with Gasteiger partial charge in [0, 0.05) is 28.9 Å². The Morgan fingerprint density at radius 3 is 2.57 bits per heavy atom. The number of aromatic nitrogens is 1. The summed E-state index contributed by atoms with van der Waals surface area (Å²) in [6.07, 6.45) is 1.24. The lowest BCUT2D eigenvalue weighted by atomic mass is 9.93. The Bertz CT molecular complexity index is 475. The maximum absolute atomic E-state index is 4.80. The Kier molecular flexibility index (Phi) is 5.11. The fraction of sp³-hybridized carbons (Fsp3) is 0.824. The summed E-state index contributed by atoms with van der Waals surface area (Å²) in [4.78, 5) is 8.64. The number of nitrogens with one attached hydrogen (secondary N) is 1. The summed E-state index contributed by atoms with van der Waals surface area (Å²) in [6.45, 7) is 15.9. The summed E-state index contributed by atoms with van der Waals surface area (Å²) < 4.78 is 0. The van der Waals surface area contributed by atoms with Gasteiger partial charge in [0.2, 0.25) is 0 Å². The second-order valence-corrected chi connectivity index (χ2v) is 8.77. The largest absolute Gasteiger partial charge is 0.306 e. The predicted molar refractivity (Wildman–Crippen MR) is 92.2 cm³/mol. The van der Waals surface area contributed by atoms with Crippen LogP contribution in [0.15, 0.2) is 0 Å². The molecule has 0 radical (unpaired) electrons. The van der Waals surface area contributed by atoms with Gasteiger partial charge in [-0.3, -0.25) is 0 Å². The topological polar surface area (TPSA) is 28.2 Å². The summed E-state index contributed by atoms with van der Waals surface area (Å²) in [7, 11) is 2.22. The van der Waals surface area contributed by atoms with Crippen molar-refractivity contribution in [1.29, 1.82) is 0 Å². The Hall–Kier alpha value is -0.450. The lowest BCUT2D eigenvalue weighted by Gasteiger charge is -2.36. The van der Waals surface area contributed by atoms with Crippen molar-refractivity contribution in [1.82, 2.24) is 15.2 Å². The molecule has 0 aromatic carbocycles. The van der Waals surface area contributed by atoms with E-state index in [0.29, 0.717) is 18.0 Å². The van der Waals surface area contributed by atoms with Crippen molar-refractivity contribution in [2.24, 2.45) is 5.92 Å². The molecule has 1 aliphatic rings. The fourth-order valence-electron chi connectivity index (χ4n) is 3.13. The molecule has 0 bridgehead atoms. The smallest absolute Gasteiger partial charge is 0.0985 e. The highest BCUT2D eigenvalue weighted by molar-refractivity contribution is 7.12. The van der Waals surface area contributed by atoms with E-state index in [1.54, 1.807) is 0 Å². The second-order valence-electron chi connectivity index (χ2n) is 7.74. The maximum atomic E-state index is 4.80. The maximum Gasteiger partial charge on any atom is 0.0985 e. The Morgan fingerprint density at radius 2 is 2.05 bits per heavy atom. The molecule has 1 aromatic rings. The Morgan fingerprint density at radius 1 is 1.38 bits per heavy atom. The number of nitrogens with zero attached hydrogens (tertiary/aromatic N) is 2. The van der Waals surface area contributed by atoms with Crippen LogP contribution in [-0.2, 0) is 5.41 Å². The van der Waals surface area contributed by atoms with Gasteiger partial charge in [-0.2, -0.15) is 0 Å². The molecule has 120 valence electrons. The van der Waals surface area contributed by atoms with E-state index >= 15 is 0 Å². The minimum absolute atomic E-state index is 0.147. The first-order valence-corrected chi connectivity index (χ1v) is 8.92. The molecule has 1 saturated heterocycles. The van der Waals surface area contributed by atoms with E-state index in [4.69, 9.17) is 4.98 Å². The summed E-state index contributed by atoms with van der Waals surface area (Å²) in [5.74, 6) is 0.710. The molecular formula is C17H31N3S. The van der Waals surface area contributed by atoms with Crippen molar-refractivity contribution in [2.45, 2.75) is 65.5 Å². The van der Waals surface area contributed by atoms with Crippen LogP contribution in [0.5, 0.6) is 0 Å². The number of hydrogen-bond donors (Lipinski definition) is 1. The molecule has 0 amide bonds. The first-order chi connectivity index (χ1) is 9.68. The van der Waals surface area contributed by atoms with Gasteiger partial charge in [-0.25, -0.2) is 4.98 Å². The molecule has 3 nitrogen and oxygen atoms in total. The monoisotopic (exact) mass is 309 g/mol. The Balaban J connectivity index is 2.07. The summed E-state index contributed by atoms with van der Waals surface area (Å²) in [5.41, 5.74) is 1.35. The molecule has 4 heteroatoms. The number of likely N-dealkylation sites (tertiary alicyclic amines) is 1. The van der Waals surface area contributed by atoms with Gasteiger partial charge in [0.25, 0.3) is 0 Å². The quantitative estimate of drug-likeness (QED) is 0.922. The van der Waals surface area contributed by atoms with Crippen molar-refractivity contribution >= 4 is 11.3 Å². The van der Waals surface area contributed by atoms with Gasteiger partial charge in [-0.05, 0) is 39.8 Å². The van der Waals surface area contributed by atoms with Crippen molar-refractivity contribution in [2.75, 3.05) is 20.1 Å². The lowest BCUT2D eigenvalue weighted by molar-refractivity contribution is 0.168. The van der Waals surface area contributed by atoms with Crippen LogP contribution in [0.4, 0.5) is 0 Å². The molecule has 2 rings (SSSR count). The number of aryl methyl sites for hydroxylation is 1. The molecule has 3 atom stereocenters. The first-order valence-electron chi connectivity index (χ1n) is 8.11. The van der Waals surface area contributed by atoms with E-state index in [9.17, 15) is 0 Å². The number of hydrogen-bond acceptors (Lipinski definition) is 4. The third-order valence-corrected chi connectivity index (χ3v) is 6.21. The molecule has 3 unspecified atom stereocenters. The molecule has 0 aliphatic carbocycles. The second kappa shape index (κ2) is 6.35. The van der Waals surface area contributed by atoms with Gasteiger partial charge in [-0.1, -0.05) is 27.7 Å². The SMILES string of the molecule is Cc1nc(C(C)(C)C)sc1C(C)NC1CCN(C)CC1C. The van der Waals surface area contributed by atoms with E-state index in [1.165, 1.54) is 35.1 Å². The van der Waals surface area contributed by atoms with Gasteiger partial charge in [0.15, 0.2) is 0 Å². The molecule has 1 aromatic heterocycles. The van der Waals surface area contributed by atoms with Crippen molar-refractivity contribution < 1.29 is 0 Å². The normalized spacial score (nSPS) is 26.0. The molecule has 1 fully saturated rings. The van der Waals surface area contributed by atoms with Crippen molar-refractivity contribution in [3.05, 3.63) is 15.6 Å². The van der Waals surface area contributed by atoms with E-state index < -0.39 is 0 Å².